The van der Waals surface area contributed by atoms with E-state index in [1.807, 2.05) is 0 Å². The van der Waals surface area contributed by atoms with Gasteiger partial charge in [-0.1, -0.05) is 13.1 Å². The van der Waals surface area contributed by atoms with Crippen LogP contribution in [-0.4, -0.2) is 44.3 Å². The van der Waals surface area contributed by atoms with E-state index < -0.39 is 8.07 Å². The summed E-state index contributed by atoms with van der Waals surface area (Å²) in [4.78, 5) is 25.7. The molecular formula is C12H23NO2Si. The third kappa shape index (κ3) is 4.18. The van der Waals surface area contributed by atoms with E-state index in [9.17, 15) is 9.59 Å². The fourth-order valence-corrected chi connectivity index (χ4v) is 4.20. The molecule has 4 heteroatoms. The van der Waals surface area contributed by atoms with E-state index in [1.54, 1.807) is 0 Å². The first-order valence-electron chi connectivity index (χ1n) is 6.15. The molecule has 0 amide bonds. The summed E-state index contributed by atoms with van der Waals surface area (Å²) in [5.74, 6) is 0.243. The quantitative estimate of drug-likeness (QED) is 0.608. The van der Waals surface area contributed by atoms with Crippen LogP contribution in [0.25, 0.3) is 0 Å². The smallest absolute Gasteiger partial charge is 0.134 e. The van der Waals surface area contributed by atoms with Crippen LogP contribution in [0.1, 0.15) is 25.7 Å². The van der Waals surface area contributed by atoms with Gasteiger partial charge in [-0.2, -0.15) is 0 Å². The van der Waals surface area contributed by atoms with Crippen LogP contribution >= 0.6 is 0 Å². The van der Waals surface area contributed by atoms with E-state index in [0.29, 0.717) is 24.7 Å². The molecule has 3 nitrogen and oxygen atoms in total. The summed E-state index contributed by atoms with van der Waals surface area (Å²) < 4.78 is 0. The minimum absolute atomic E-state index is 0.243. The molecule has 0 N–H and O–H groups in total. The largest absolute Gasteiger partial charge is 0.306 e. The lowest BCUT2D eigenvalue weighted by molar-refractivity contribution is -0.121. The van der Waals surface area contributed by atoms with Gasteiger partial charge in [0.05, 0.1) is 0 Å². The number of hydrogen-bond donors (Lipinski definition) is 0. The minimum atomic E-state index is -1.73. The van der Waals surface area contributed by atoms with Gasteiger partial charge in [-0.05, 0) is 26.1 Å². The Hall–Kier alpha value is -0.483. The number of nitrogens with zero attached hydrogens (tertiary/aromatic N) is 1. The summed E-state index contributed by atoms with van der Waals surface area (Å²) in [7, 11) is 0.327. The first kappa shape index (κ1) is 13.6. The highest BCUT2D eigenvalue weighted by molar-refractivity contribution is 7.04. The van der Waals surface area contributed by atoms with Gasteiger partial charge in [0.1, 0.15) is 19.3 Å². The maximum absolute atomic E-state index is 12.0. The summed E-state index contributed by atoms with van der Waals surface area (Å²) in [6, 6.07) is 1.06. The number of rotatable bonds is 0. The van der Waals surface area contributed by atoms with Crippen molar-refractivity contribution in [3.05, 3.63) is 0 Å². The monoisotopic (exact) mass is 241 g/mol. The molecule has 0 spiro atoms. The van der Waals surface area contributed by atoms with Crippen molar-refractivity contribution in [2.24, 2.45) is 0 Å². The Balaban J connectivity index is 2.64. The predicted octanol–water partition coefficient (Wildman–Crippen LogP) is 1.88. The molecule has 0 unspecified atom stereocenters. The normalized spacial score (nSPS) is 25.2. The van der Waals surface area contributed by atoms with Crippen LogP contribution in [0.15, 0.2) is 0 Å². The number of hydrogen-bond acceptors (Lipinski definition) is 3. The lowest BCUT2D eigenvalue weighted by Crippen LogP contribution is -2.37. The van der Waals surface area contributed by atoms with Gasteiger partial charge in [-0.25, -0.2) is 0 Å². The van der Waals surface area contributed by atoms with E-state index in [1.165, 1.54) is 0 Å². The number of carbonyl (C=O) groups excluding carboxylic acids is 2. The van der Waals surface area contributed by atoms with Crippen molar-refractivity contribution >= 4 is 19.3 Å². The molecule has 92 valence electrons. The Kier molecular flexibility index (Phi) is 4.86. The first-order chi connectivity index (χ1) is 7.42. The fourth-order valence-electron chi connectivity index (χ4n) is 2.07. The topological polar surface area (TPSA) is 37.4 Å². The minimum Gasteiger partial charge on any atom is -0.306 e. The third-order valence-electron chi connectivity index (χ3n) is 3.50. The Morgan fingerprint density at radius 1 is 1.06 bits per heavy atom. The highest BCUT2D eigenvalue weighted by Crippen LogP contribution is 2.17. The Bertz CT molecular complexity index is 276. The van der Waals surface area contributed by atoms with Crippen LogP contribution in [0, 0.1) is 0 Å². The third-order valence-corrected chi connectivity index (χ3v) is 6.86. The average Bonchev–Trinajstić information content (AvgIpc) is 2.22. The van der Waals surface area contributed by atoms with Gasteiger partial charge < -0.3 is 9.69 Å². The van der Waals surface area contributed by atoms with Crippen LogP contribution in [0.2, 0.25) is 19.1 Å². The van der Waals surface area contributed by atoms with Gasteiger partial charge >= 0.3 is 0 Å². The number of carbonyl (C=O) groups is 2. The first-order valence-corrected chi connectivity index (χ1v) is 9.36. The van der Waals surface area contributed by atoms with Crippen LogP contribution < -0.4 is 0 Å². The van der Waals surface area contributed by atoms with Crippen LogP contribution in [0.3, 0.4) is 0 Å². The van der Waals surface area contributed by atoms with E-state index >= 15 is 0 Å². The molecule has 0 radical (unpaired) electrons. The van der Waals surface area contributed by atoms with Crippen LogP contribution in [0.4, 0.5) is 0 Å². The Morgan fingerprint density at radius 2 is 1.75 bits per heavy atom. The standard InChI is InChI=1S/C12H23NO2Si/c1-13-8-4-10-16(2,3)12(15)6-5-11(14)7-9-13/h4-10H2,1-3H3. The van der Waals surface area contributed by atoms with Gasteiger partial charge in [0.2, 0.25) is 0 Å². The highest BCUT2D eigenvalue weighted by Gasteiger charge is 2.30. The van der Waals surface area contributed by atoms with Crippen molar-refractivity contribution in [2.45, 2.75) is 44.8 Å². The van der Waals surface area contributed by atoms with E-state index in [2.05, 4.69) is 25.0 Å². The SMILES string of the molecule is CN1CCC[Si](C)(C)C(=O)CCC(=O)CC1. The molecule has 0 atom stereocenters. The summed E-state index contributed by atoms with van der Waals surface area (Å²) >= 11 is 0. The molecule has 0 saturated carbocycles. The maximum atomic E-state index is 12.0. The summed E-state index contributed by atoms with van der Waals surface area (Å²) in [5, 5.41) is 0.380. The maximum Gasteiger partial charge on any atom is 0.134 e. The highest BCUT2D eigenvalue weighted by atomic mass is 28.3. The number of ketones is 1. The zero-order valence-corrected chi connectivity index (χ0v) is 11.7. The summed E-state index contributed by atoms with van der Waals surface area (Å²) in [6.45, 7) is 6.13. The van der Waals surface area contributed by atoms with Gasteiger partial charge in [0, 0.05) is 25.8 Å². The van der Waals surface area contributed by atoms with Crippen molar-refractivity contribution in [1.82, 2.24) is 4.90 Å². The van der Waals surface area contributed by atoms with E-state index in [4.69, 9.17) is 0 Å². The second-order valence-corrected chi connectivity index (χ2v) is 10.3. The second-order valence-electron chi connectivity index (χ2n) is 5.50. The molecule has 0 aromatic rings. The van der Waals surface area contributed by atoms with E-state index in [0.717, 1.165) is 25.6 Å². The molecule has 0 aromatic heterocycles. The molecule has 1 aliphatic rings. The van der Waals surface area contributed by atoms with Gasteiger partial charge in [-0.3, -0.25) is 4.79 Å². The van der Waals surface area contributed by atoms with Crippen LogP contribution in [0.5, 0.6) is 0 Å². The molecular weight excluding hydrogens is 218 g/mol. The second kappa shape index (κ2) is 5.73. The molecule has 0 bridgehead atoms. The lowest BCUT2D eigenvalue weighted by atomic mass is 10.2. The van der Waals surface area contributed by atoms with Crippen molar-refractivity contribution in [1.29, 1.82) is 0 Å². The molecule has 1 heterocycles. The molecule has 0 aliphatic carbocycles. The predicted molar refractivity (Wildman–Crippen MR) is 68.3 cm³/mol. The summed E-state index contributed by atoms with van der Waals surface area (Å²) in [5.41, 5.74) is 0. The van der Waals surface area contributed by atoms with Crippen molar-refractivity contribution in [3.63, 3.8) is 0 Å². The van der Waals surface area contributed by atoms with Crippen molar-refractivity contribution < 1.29 is 9.59 Å². The molecule has 0 aromatic carbocycles. The van der Waals surface area contributed by atoms with Crippen molar-refractivity contribution in [3.8, 4) is 0 Å². The Morgan fingerprint density at radius 3 is 2.44 bits per heavy atom. The van der Waals surface area contributed by atoms with Crippen LogP contribution in [-0.2, 0) is 9.59 Å². The average molecular weight is 241 g/mol. The summed E-state index contributed by atoms with van der Waals surface area (Å²) in [6.07, 6.45) is 2.65. The van der Waals surface area contributed by atoms with Gasteiger partial charge in [0.25, 0.3) is 0 Å². The molecule has 1 rings (SSSR count). The number of Topliss-reactive ketones (excluding diaryl/α,β-unsaturated/α-hetero) is 1. The lowest BCUT2D eigenvalue weighted by Gasteiger charge is -2.21. The fraction of sp³-hybridized carbons (Fsp3) is 0.833. The molecule has 1 fully saturated rings. The van der Waals surface area contributed by atoms with Crippen molar-refractivity contribution in [2.75, 3.05) is 20.1 Å². The van der Waals surface area contributed by atoms with Gasteiger partial charge in [0.15, 0.2) is 0 Å². The Labute approximate surface area is 99.2 Å². The molecule has 1 saturated heterocycles. The zero-order chi connectivity index (χ0) is 12.2. The molecule has 16 heavy (non-hydrogen) atoms. The van der Waals surface area contributed by atoms with Gasteiger partial charge in [-0.15, -0.1) is 0 Å². The zero-order valence-electron chi connectivity index (χ0n) is 10.7. The molecule has 1 aliphatic heterocycles. The van der Waals surface area contributed by atoms with E-state index in [-0.39, 0.29) is 5.78 Å².